The van der Waals surface area contributed by atoms with E-state index in [9.17, 15) is 9.59 Å². The van der Waals surface area contributed by atoms with Crippen LogP contribution >= 0.6 is 11.6 Å². The fourth-order valence-electron chi connectivity index (χ4n) is 3.36. The Kier molecular flexibility index (Phi) is 8.08. The van der Waals surface area contributed by atoms with Crippen molar-refractivity contribution in [1.82, 2.24) is 9.88 Å². The van der Waals surface area contributed by atoms with Gasteiger partial charge in [-0.05, 0) is 37.3 Å². The number of carbonyl (C=O) groups excluding carboxylic acids is 2. The minimum atomic E-state index is -0.361. The zero-order chi connectivity index (χ0) is 22.2. The molecule has 0 bridgehead atoms. The van der Waals surface area contributed by atoms with E-state index >= 15 is 0 Å². The lowest BCUT2D eigenvalue weighted by Gasteiger charge is -2.35. The Labute approximate surface area is 187 Å². The Hall–Kier alpha value is -2.84. The Balaban J connectivity index is 1.44. The highest BCUT2D eigenvalue weighted by molar-refractivity contribution is 6.31. The quantitative estimate of drug-likeness (QED) is 0.624. The molecule has 1 amide bonds. The molecule has 2 heterocycles. The van der Waals surface area contributed by atoms with Crippen molar-refractivity contribution in [1.29, 1.82) is 0 Å². The molecule has 1 aliphatic heterocycles. The van der Waals surface area contributed by atoms with E-state index in [0.717, 1.165) is 32.0 Å². The van der Waals surface area contributed by atoms with E-state index in [2.05, 4.69) is 20.1 Å². The van der Waals surface area contributed by atoms with Crippen LogP contribution in [0.5, 0.6) is 5.75 Å². The zero-order valence-corrected chi connectivity index (χ0v) is 18.5. The fourth-order valence-corrected chi connectivity index (χ4v) is 3.53. The van der Waals surface area contributed by atoms with E-state index in [1.165, 1.54) is 0 Å². The number of anilines is 2. The summed E-state index contributed by atoms with van der Waals surface area (Å²) in [5.74, 6) is 0.964. The summed E-state index contributed by atoms with van der Waals surface area (Å²) < 4.78 is 10.2. The van der Waals surface area contributed by atoms with Crippen LogP contribution in [0.1, 0.15) is 23.7 Å². The molecule has 1 saturated heterocycles. The number of carbonyl (C=O) groups is 2. The van der Waals surface area contributed by atoms with Crippen molar-refractivity contribution in [2.75, 3.05) is 56.7 Å². The van der Waals surface area contributed by atoms with Crippen molar-refractivity contribution in [3.63, 3.8) is 0 Å². The largest absolute Gasteiger partial charge is 0.495 e. The molecule has 0 atom stereocenters. The number of hydrogen-bond acceptors (Lipinski definition) is 7. The molecule has 2 aromatic rings. The van der Waals surface area contributed by atoms with E-state index < -0.39 is 0 Å². The maximum atomic E-state index is 12.4. The van der Waals surface area contributed by atoms with Crippen molar-refractivity contribution in [2.45, 2.75) is 13.3 Å². The smallest absolute Gasteiger partial charge is 0.339 e. The molecule has 3 rings (SSSR count). The molecule has 0 spiro atoms. The van der Waals surface area contributed by atoms with E-state index in [-0.39, 0.29) is 11.9 Å². The van der Waals surface area contributed by atoms with Gasteiger partial charge in [-0.25, -0.2) is 9.78 Å². The number of methoxy groups -OCH3 is 1. The Morgan fingerprint density at radius 2 is 1.94 bits per heavy atom. The average Bonchev–Trinajstić information content (AvgIpc) is 2.78. The van der Waals surface area contributed by atoms with Crippen LogP contribution in [-0.4, -0.2) is 68.2 Å². The first kappa shape index (κ1) is 22.8. The number of benzene rings is 1. The second-order valence-electron chi connectivity index (χ2n) is 7.10. The van der Waals surface area contributed by atoms with Gasteiger partial charge in [0.1, 0.15) is 11.6 Å². The number of aromatic nitrogens is 1. The molecule has 0 aliphatic carbocycles. The van der Waals surface area contributed by atoms with E-state index in [4.69, 9.17) is 21.1 Å². The fraction of sp³-hybridized carbons (Fsp3) is 0.409. The number of nitrogens with zero attached hydrogens (tertiary/aromatic N) is 3. The Morgan fingerprint density at radius 3 is 2.58 bits per heavy atom. The van der Waals surface area contributed by atoms with Crippen molar-refractivity contribution in [3.8, 4) is 5.75 Å². The van der Waals surface area contributed by atoms with Crippen molar-refractivity contribution in [2.24, 2.45) is 0 Å². The Morgan fingerprint density at radius 1 is 1.16 bits per heavy atom. The summed E-state index contributed by atoms with van der Waals surface area (Å²) in [6, 6.07) is 8.70. The summed E-state index contributed by atoms with van der Waals surface area (Å²) in [5, 5.41) is 3.40. The molecule has 0 unspecified atom stereocenters. The number of esters is 1. The monoisotopic (exact) mass is 446 g/mol. The van der Waals surface area contributed by atoms with Crippen LogP contribution in [0.25, 0.3) is 0 Å². The van der Waals surface area contributed by atoms with Gasteiger partial charge in [0.25, 0.3) is 0 Å². The molecule has 1 aliphatic rings. The minimum Gasteiger partial charge on any atom is -0.495 e. The van der Waals surface area contributed by atoms with Crippen molar-refractivity contribution in [3.05, 3.63) is 47.1 Å². The van der Waals surface area contributed by atoms with Crippen molar-refractivity contribution < 1.29 is 19.1 Å². The highest BCUT2D eigenvalue weighted by atomic mass is 35.5. The molecule has 0 radical (unpaired) electrons. The van der Waals surface area contributed by atoms with Crippen LogP contribution in [-0.2, 0) is 9.53 Å². The summed E-state index contributed by atoms with van der Waals surface area (Å²) in [6.45, 7) is 6.04. The second-order valence-corrected chi connectivity index (χ2v) is 7.53. The summed E-state index contributed by atoms with van der Waals surface area (Å²) in [7, 11) is 1.55. The number of piperazine rings is 1. The number of amides is 1. The van der Waals surface area contributed by atoms with Gasteiger partial charge < -0.3 is 19.7 Å². The van der Waals surface area contributed by atoms with Crippen LogP contribution in [0.15, 0.2) is 36.5 Å². The van der Waals surface area contributed by atoms with Crippen LogP contribution in [0.2, 0.25) is 5.02 Å². The average molecular weight is 447 g/mol. The molecule has 31 heavy (non-hydrogen) atoms. The lowest BCUT2D eigenvalue weighted by atomic mass is 10.2. The van der Waals surface area contributed by atoms with E-state index in [1.54, 1.807) is 44.5 Å². The SMILES string of the molecule is CCOC(=O)c1ccc(N2CCN(CCC(=O)Nc3cc(Cl)ccc3OC)CC2)nc1. The van der Waals surface area contributed by atoms with Crippen LogP contribution in [0.4, 0.5) is 11.5 Å². The molecule has 0 saturated carbocycles. The molecule has 1 aromatic heterocycles. The zero-order valence-electron chi connectivity index (χ0n) is 17.8. The number of rotatable bonds is 8. The number of hydrogen-bond donors (Lipinski definition) is 1. The van der Waals surface area contributed by atoms with Gasteiger partial charge in [0.15, 0.2) is 0 Å². The Bertz CT molecular complexity index is 899. The van der Waals surface area contributed by atoms with Crippen LogP contribution in [0, 0.1) is 0 Å². The van der Waals surface area contributed by atoms with Gasteiger partial charge in [0, 0.05) is 50.4 Å². The molecule has 8 nitrogen and oxygen atoms in total. The predicted molar refractivity (Wildman–Crippen MR) is 120 cm³/mol. The second kappa shape index (κ2) is 11.0. The van der Waals surface area contributed by atoms with Crippen LogP contribution in [0.3, 0.4) is 0 Å². The summed E-state index contributed by atoms with van der Waals surface area (Å²) in [4.78, 5) is 32.9. The maximum absolute atomic E-state index is 12.4. The summed E-state index contributed by atoms with van der Waals surface area (Å²) >= 11 is 6.01. The number of pyridine rings is 1. The third-order valence-electron chi connectivity index (χ3n) is 5.05. The molecular formula is C22H27ClN4O4. The van der Waals surface area contributed by atoms with Crippen molar-refractivity contribution >= 4 is 35.0 Å². The van der Waals surface area contributed by atoms with Gasteiger partial charge in [0.2, 0.25) is 5.91 Å². The third-order valence-corrected chi connectivity index (χ3v) is 5.28. The van der Waals surface area contributed by atoms with Gasteiger partial charge in [-0.2, -0.15) is 0 Å². The van der Waals surface area contributed by atoms with Gasteiger partial charge >= 0.3 is 5.97 Å². The maximum Gasteiger partial charge on any atom is 0.339 e. The lowest BCUT2D eigenvalue weighted by molar-refractivity contribution is -0.116. The van der Waals surface area contributed by atoms with Gasteiger partial charge in [-0.1, -0.05) is 11.6 Å². The topological polar surface area (TPSA) is 84.0 Å². The van der Waals surface area contributed by atoms with Gasteiger partial charge in [-0.3, -0.25) is 9.69 Å². The number of halogens is 1. The van der Waals surface area contributed by atoms with E-state index in [1.807, 2.05) is 6.07 Å². The first-order chi connectivity index (χ1) is 15.0. The van der Waals surface area contributed by atoms with Gasteiger partial charge in [-0.15, -0.1) is 0 Å². The summed E-state index contributed by atoms with van der Waals surface area (Å²) in [6.07, 6.45) is 1.93. The lowest BCUT2D eigenvalue weighted by Crippen LogP contribution is -2.47. The minimum absolute atomic E-state index is 0.0841. The number of nitrogens with one attached hydrogen (secondary N) is 1. The highest BCUT2D eigenvalue weighted by Gasteiger charge is 2.19. The number of ether oxygens (including phenoxy) is 2. The molecule has 9 heteroatoms. The molecular weight excluding hydrogens is 420 g/mol. The van der Waals surface area contributed by atoms with Gasteiger partial charge in [0.05, 0.1) is 25.0 Å². The predicted octanol–water partition coefficient (Wildman–Crippen LogP) is 3.07. The van der Waals surface area contributed by atoms with E-state index in [0.29, 0.717) is 41.6 Å². The summed E-state index contributed by atoms with van der Waals surface area (Å²) in [5.41, 5.74) is 1.02. The normalized spacial score (nSPS) is 14.2. The third kappa shape index (κ3) is 6.32. The highest BCUT2D eigenvalue weighted by Crippen LogP contribution is 2.27. The van der Waals surface area contributed by atoms with Crippen LogP contribution < -0.4 is 15.0 Å². The standard InChI is InChI=1S/C22H27ClN4O4/c1-3-31-22(29)16-4-7-20(24-15-16)27-12-10-26(11-13-27)9-8-21(28)25-18-14-17(23)5-6-19(18)30-2/h4-7,14-15H,3,8-13H2,1-2H3,(H,25,28). The first-order valence-electron chi connectivity index (χ1n) is 10.2. The molecule has 166 valence electrons. The molecule has 1 aromatic carbocycles. The molecule has 1 fully saturated rings. The molecule has 1 N–H and O–H groups in total. The first-order valence-corrected chi connectivity index (χ1v) is 10.6.